The van der Waals surface area contributed by atoms with Gasteiger partial charge in [0.25, 0.3) is 0 Å². The molecule has 2 heteroatoms. The van der Waals surface area contributed by atoms with E-state index in [9.17, 15) is 0 Å². The lowest BCUT2D eigenvalue weighted by atomic mass is 9.80. The summed E-state index contributed by atoms with van der Waals surface area (Å²) in [5, 5.41) is 5.09. The molecule has 290 valence electrons. The van der Waals surface area contributed by atoms with Crippen molar-refractivity contribution >= 4 is 53.3 Å². The number of aromatic nitrogens is 1. The number of hydrogen-bond donors (Lipinski definition) is 0. The van der Waals surface area contributed by atoms with Crippen LogP contribution in [0.5, 0.6) is 0 Å². The Morgan fingerprint density at radius 2 is 0.726 bits per heavy atom. The lowest BCUT2D eigenvalue weighted by Crippen LogP contribution is -2.00. The maximum atomic E-state index is 2.53. The minimum Gasteiger partial charge on any atom is -0.309 e. The molecule has 1 nitrogen and oxygen atoms in total. The summed E-state index contributed by atoms with van der Waals surface area (Å²) in [5.74, 6) is 0. The van der Waals surface area contributed by atoms with Crippen LogP contribution in [0.2, 0.25) is 0 Å². The van der Waals surface area contributed by atoms with E-state index in [1.54, 1.807) is 0 Å². The van der Waals surface area contributed by atoms with Crippen molar-refractivity contribution in [3.05, 3.63) is 237 Å². The van der Waals surface area contributed by atoms with E-state index in [2.05, 4.69) is 241 Å². The fraction of sp³-hybridized carbons (Fsp3) is 0. The van der Waals surface area contributed by atoms with Gasteiger partial charge in [0.15, 0.2) is 0 Å². The lowest BCUT2D eigenvalue weighted by molar-refractivity contribution is 1.18. The van der Waals surface area contributed by atoms with Crippen LogP contribution in [-0.2, 0) is 0 Å². The summed E-state index contributed by atoms with van der Waals surface area (Å²) in [6, 6.07) is 86.8. The molecule has 0 aliphatic heterocycles. The molecule has 0 saturated heterocycles. The van der Waals surface area contributed by atoms with E-state index < -0.39 is 0 Å². The smallest absolute Gasteiger partial charge is 0.0632 e. The first-order chi connectivity index (χ1) is 30.8. The van der Waals surface area contributed by atoms with E-state index in [4.69, 9.17) is 0 Å². The Labute approximate surface area is 365 Å². The van der Waals surface area contributed by atoms with Crippen LogP contribution < -0.4 is 0 Å². The van der Waals surface area contributed by atoms with Crippen molar-refractivity contribution in [1.29, 1.82) is 0 Å². The van der Waals surface area contributed by atoms with Crippen LogP contribution in [0.15, 0.2) is 237 Å². The third-order valence-corrected chi connectivity index (χ3v) is 13.5. The number of fused-ring (bicyclic) bond motifs is 6. The molecule has 62 heavy (non-hydrogen) atoms. The molecular formula is C60H39NS. The molecule has 0 atom stereocenters. The average molecular weight is 806 g/mol. The Kier molecular flexibility index (Phi) is 8.76. The van der Waals surface area contributed by atoms with E-state index in [-0.39, 0.29) is 0 Å². The van der Waals surface area contributed by atoms with Gasteiger partial charge >= 0.3 is 0 Å². The quantitative estimate of drug-likeness (QED) is 0.151. The van der Waals surface area contributed by atoms with Gasteiger partial charge in [-0.1, -0.05) is 194 Å². The number of benzene rings is 10. The van der Waals surface area contributed by atoms with Gasteiger partial charge in [0, 0.05) is 53.3 Å². The number of para-hydroxylation sites is 1. The van der Waals surface area contributed by atoms with Gasteiger partial charge in [-0.25, -0.2) is 0 Å². The van der Waals surface area contributed by atoms with E-state index in [0.29, 0.717) is 0 Å². The second-order valence-corrected chi connectivity index (χ2v) is 17.1. The molecule has 0 spiro atoms. The summed E-state index contributed by atoms with van der Waals surface area (Å²) < 4.78 is 5.18. The van der Waals surface area contributed by atoms with Gasteiger partial charge in [0.2, 0.25) is 0 Å². The zero-order chi connectivity index (χ0) is 41.0. The highest BCUT2D eigenvalue weighted by Crippen LogP contribution is 2.54. The highest BCUT2D eigenvalue weighted by atomic mass is 32.1. The molecule has 12 rings (SSSR count). The van der Waals surface area contributed by atoms with Crippen molar-refractivity contribution < 1.29 is 0 Å². The molecule has 0 radical (unpaired) electrons. The lowest BCUT2D eigenvalue weighted by Gasteiger charge is -2.24. The number of rotatable bonds is 7. The van der Waals surface area contributed by atoms with Crippen molar-refractivity contribution in [2.24, 2.45) is 0 Å². The second-order valence-electron chi connectivity index (χ2n) is 16.0. The molecule has 2 aromatic heterocycles. The van der Waals surface area contributed by atoms with E-state index >= 15 is 0 Å². The van der Waals surface area contributed by atoms with Gasteiger partial charge in [-0.05, 0) is 92.5 Å². The topological polar surface area (TPSA) is 4.93 Å². The van der Waals surface area contributed by atoms with Gasteiger partial charge in [-0.3, -0.25) is 0 Å². The van der Waals surface area contributed by atoms with Crippen molar-refractivity contribution in [3.63, 3.8) is 0 Å². The fourth-order valence-corrected chi connectivity index (χ4v) is 10.7. The Morgan fingerprint density at radius 1 is 0.274 bits per heavy atom. The van der Waals surface area contributed by atoms with Crippen LogP contribution in [0, 0.1) is 0 Å². The largest absolute Gasteiger partial charge is 0.309 e. The first-order valence-electron chi connectivity index (χ1n) is 21.3. The van der Waals surface area contributed by atoms with Gasteiger partial charge < -0.3 is 4.57 Å². The molecule has 0 N–H and O–H groups in total. The molecule has 0 aliphatic rings. The summed E-state index contributed by atoms with van der Waals surface area (Å²) >= 11 is 1.86. The third-order valence-electron chi connectivity index (χ3n) is 12.4. The molecule has 0 fully saturated rings. The van der Waals surface area contributed by atoms with Crippen LogP contribution in [0.1, 0.15) is 0 Å². The molecule has 0 amide bonds. The standard InChI is InChI=1S/C60H39NS/c1-6-19-40(20-7-1)55-56(41-21-8-2-9-22-41)58(43-25-12-4-13-26-43)60-59(57(55)42-23-10-3-11-24-42)50-35-33-47(39-52(50)61(60)48-29-14-5-15-30-48)45-28-18-27-44(37-45)46-34-36-54-51(38-46)49-31-16-17-32-53(49)62-54/h1-39H. The highest BCUT2D eigenvalue weighted by Gasteiger charge is 2.29. The molecule has 10 aromatic carbocycles. The molecule has 12 aromatic rings. The SMILES string of the molecule is c1ccc(-c2c(-c3ccccc3)c(-c3ccccc3)c3c(c2-c2ccccc2)c2ccc(-c4cccc(-c5ccc6sc7ccccc7c6c5)c4)cc2n3-c2ccccc2)cc1. The van der Waals surface area contributed by atoms with Crippen molar-refractivity contribution in [1.82, 2.24) is 4.57 Å². The zero-order valence-corrected chi connectivity index (χ0v) is 34.7. The maximum Gasteiger partial charge on any atom is 0.0632 e. The van der Waals surface area contributed by atoms with Crippen LogP contribution in [0.25, 0.3) is 114 Å². The number of hydrogen-bond acceptors (Lipinski definition) is 1. The van der Waals surface area contributed by atoms with Crippen LogP contribution in [0.4, 0.5) is 0 Å². The summed E-state index contributed by atoms with van der Waals surface area (Å²) in [6.07, 6.45) is 0. The predicted molar refractivity (Wildman–Crippen MR) is 266 cm³/mol. The summed E-state index contributed by atoms with van der Waals surface area (Å²) in [7, 11) is 0. The number of thiophene rings is 1. The number of nitrogens with zero attached hydrogens (tertiary/aromatic N) is 1. The molecular weight excluding hydrogens is 767 g/mol. The minimum absolute atomic E-state index is 1.12. The summed E-state index contributed by atoms with van der Waals surface area (Å²) in [4.78, 5) is 0. The van der Waals surface area contributed by atoms with Gasteiger partial charge in [-0.2, -0.15) is 0 Å². The van der Waals surface area contributed by atoms with Crippen molar-refractivity contribution in [3.8, 4) is 72.4 Å². The van der Waals surface area contributed by atoms with E-state index in [1.165, 1.54) is 109 Å². The monoisotopic (exact) mass is 805 g/mol. The molecule has 2 heterocycles. The minimum atomic E-state index is 1.12. The van der Waals surface area contributed by atoms with E-state index in [0.717, 1.165) is 5.69 Å². The molecule has 0 unspecified atom stereocenters. The maximum absolute atomic E-state index is 2.53. The highest BCUT2D eigenvalue weighted by molar-refractivity contribution is 7.25. The second kappa shape index (κ2) is 15.0. The molecule has 0 saturated carbocycles. The normalized spacial score (nSPS) is 11.5. The van der Waals surface area contributed by atoms with Gasteiger partial charge in [-0.15, -0.1) is 11.3 Å². The zero-order valence-electron chi connectivity index (χ0n) is 33.9. The van der Waals surface area contributed by atoms with Crippen LogP contribution in [0.3, 0.4) is 0 Å². The average Bonchev–Trinajstić information content (AvgIpc) is 3.90. The third kappa shape index (κ3) is 5.99. The van der Waals surface area contributed by atoms with Crippen LogP contribution in [-0.4, -0.2) is 4.57 Å². The predicted octanol–water partition coefficient (Wildman–Crippen LogP) is 17.2. The van der Waals surface area contributed by atoms with Crippen molar-refractivity contribution in [2.75, 3.05) is 0 Å². The van der Waals surface area contributed by atoms with Gasteiger partial charge in [0.1, 0.15) is 0 Å². The first-order valence-corrected chi connectivity index (χ1v) is 22.1. The fourth-order valence-electron chi connectivity index (χ4n) is 9.65. The Hall–Kier alpha value is -7.78. The Balaban J connectivity index is 1.20. The Morgan fingerprint density at radius 3 is 1.35 bits per heavy atom. The first kappa shape index (κ1) is 36.1. The molecule has 0 bridgehead atoms. The molecule has 0 aliphatic carbocycles. The summed E-state index contributed by atoms with van der Waals surface area (Å²) in [6.45, 7) is 0. The Bertz CT molecular complexity index is 3590. The van der Waals surface area contributed by atoms with Crippen molar-refractivity contribution in [2.45, 2.75) is 0 Å². The van der Waals surface area contributed by atoms with Gasteiger partial charge in [0.05, 0.1) is 11.0 Å². The van der Waals surface area contributed by atoms with Crippen LogP contribution >= 0.6 is 11.3 Å². The van der Waals surface area contributed by atoms with E-state index in [1.807, 2.05) is 11.3 Å². The summed E-state index contributed by atoms with van der Waals surface area (Å²) in [5.41, 5.74) is 17.9.